The number of hydrogen-bond donors (Lipinski definition) is 3. The molecule has 130 valence electrons. The van der Waals surface area contributed by atoms with Gasteiger partial charge >= 0.3 is 0 Å². The van der Waals surface area contributed by atoms with Crippen molar-refractivity contribution in [2.75, 3.05) is 6.54 Å². The predicted molar refractivity (Wildman–Crippen MR) is 91.3 cm³/mol. The molecule has 3 amide bonds. The molecule has 1 aromatic carbocycles. The fourth-order valence-electron chi connectivity index (χ4n) is 2.30. The van der Waals surface area contributed by atoms with Gasteiger partial charge in [-0.05, 0) is 30.9 Å². The number of benzene rings is 1. The van der Waals surface area contributed by atoms with Crippen molar-refractivity contribution < 1.29 is 14.4 Å². The summed E-state index contributed by atoms with van der Waals surface area (Å²) in [5.41, 5.74) is 0.505. The number of rotatable bonds is 8. The van der Waals surface area contributed by atoms with Crippen LogP contribution in [0.3, 0.4) is 0 Å². The van der Waals surface area contributed by atoms with Crippen LogP contribution in [0.15, 0.2) is 30.3 Å². The lowest BCUT2D eigenvalue weighted by Gasteiger charge is -2.23. The molecule has 0 spiro atoms. The molecule has 2 atom stereocenters. The van der Waals surface area contributed by atoms with Gasteiger partial charge in [0.05, 0.1) is 6.54 Å². The molecule has 1 aromatic rings. The second kappa shape index (κ2) is 8.47. The molecule has 2 rings (SSSR count). The van der Waals surface area contributed by atoms with Crippen LogP contribution in [0.5, 0.6) is 0 Å². The molecule has 0 unspecified atom stereocenters. The van der Waals surface area contributed by atoms with E-state index in [4.69, 9.17) is 0 Å². The van der Waals surface area contributed by atoms with Gasteiger partial charge in [0.25, 0.3) is 5.91 Å². The molecule has 1 fully saturated rings. The van der Waals surface area contributed by atoms with E-state index in [2.05, 4.69) is 16.0 Å². The second-order valence-electron chi connectivity index (χ2n) is 6.26. The van der Waals surface area contributed by atoms with Gasteiger partial charge in [0, 0.05) is 11.6 Å². The summed E-state index contributed by atoms with van der Waals surface area (Å²) in [5.74, 6) is -0.856. The summed E-state index contributed by atoms with van der Waals surface area (Å²) in [5, 5.41) is 8.22. The maximum absolute atomic E-state index is 12.4. The fourth-order valence-corrected chi connectivity index (χ4v) is 2.30. The molecule has 0 heterocycles. The predicted octanol–water partition coefficient (Wildman–Crippen LogP) is 1.23. The van der Waals surface area contributed by atoms with E-state index in [0.29, 0.717) is 5.56 Å². The van der Waals surface area contributed by atoms with E-state index in [1.54, 1.807) is 24.3 Å². The van der Waals surface area contributed by atoms with Crippen molar-refractivity contribution in [3.05, 3.63) is 35.9 Å². The molecule has 1 saturated carbocycles. The van der Waals surface area contributed by atoms with Crippen LogP contribution in [0.25, 0.3) is 0 Å². The first kappa shape index (κ1) is 18.0. The Balaban J connectivity index is 1.92. The highest BCUT2D eigenvalue weighted by Crippen LogP contribution is 2.18. The molecule has 0 radical (unpaired) electrons. The van der Waals surface area contributed by atoms with Gasteiger partial charge in [-0.15, -0.1) is 0 Å². The third kappa shape index (κ3) is 5.37. The van der Waals surface area contributed by atoms with Crippen molar-refractivity contribution in [1.82, 2.24) is 16.0 Å². The molecule has 6 nitrogen and oxygen atoms in total. The maximum Gasteiger partial charge on any atom is 0.251 e. The number of amides is 3. The minimum Gasteiger partial charge on any atom is -0.352 e. The Kier molecular flexibility index (Phi) is 6.35. The van der Waals surface area contributed by atoms with Crippen LogP contribution in [0.1, 0.15) is 43.5 Å². The van der Waals surface area contributed by atoms with E-state index in [9.17, 15) is 14.4 Å². The average molecular weight is 331 g/mol. The van der Waals surface area contributed by atoms with Gasteiger partial charge in [0.1, 0.15) is 6.04 Å². The summed E-state index contributed by atoms with van der Waals surface area (Å²) in [6.45, 7) is 3.79. The van der Waals surface area contributed by atoms with Crippen LogP contribution in [0.2, 0.25) is 0 Å². The highest BCUT2D eigenvalue weighted by molar-refractivity contribution is 5.98. The van der Waals surface area contributed by atoms with Gasteiger partial charge in [-0.2, -0.15) is 0 Å². The third-order valence-corrected chi connectivity index (χ3v) is 4.18. The van der Waals surface area contributed by atoms with Crippen LogP contribution < -0.4 is 16.0 Å². The third-order valence-electron chi connectivity index (χ3n) is 4.18. The molecular weight excluding hydrogens is 306 g/mol. The van der Waals surface area contributed by atoms with Crippen LogP contribution in [-0.2, 0) is 9.59 Å². The van der Waals surface area contributed by atoms with Crippen molar-refractivity contribution in [2.24, 2.45) is 5.92 Å². The normalized spacial score (nSPS) is 15.9. The second-order valence-corrected chi connectivity index (χ2v) is 6.26. The number of hydrogen-bond acceptors (Lipinski definition) is 3. The van der Waals surface area contributed by atoms with Crippen LogP contribution >= 0.6 is 0 Å². The first-order chi connectivity index (χ1) is 11.5. The van der Waals surface area contributed by atoms with Crippen molar-refractivity contribution in [2.45, 2.75) is 45.2 Å². The Hall–Kier alpha value is -2.37. The Labute approximate surface area is 142 Å². The van der Waals surface area contributed by atoms with Gasteiger partial charge < -0.3 is 16.0 Å². The van der Waals surface area contributed by atoms with Gasteiger partial charge in [-0.3, -0.25) is 14.4 Å². The molecule has 0 aliphatic heterocycles. The maximum atomic E-state index is 12.4. The molecule has 0 saturated heterocycles. The minimum absolute atomic E-state index is 0.0378. The largest absolute Gasteiger partial charge is 0.352 e. The molecule has 6 heteroatoms. The zero-order valence-corrected chi connectivity index (χ0v) is 14.2. The average Bonchev–Trinajstić information content (AvgIpc) is 3.41. The highest BCUT2D eigenvalue weighted by atomic mass is 16.2. The smallest absolute Gasteiger partial charge is 0.251 e. The number of nitrogens with one attached hydrogen (secondary N) is 3. The zero-order valence-electron chi connectivity index (χ0n) is 14.2. The SMILES string of the molecule is CC[C@H](C)[C@H](NC(=O)c1ccccc1)C(=O)NCC(=O)NC1CC1. The van der Waals surface area contributed by atoms with Crippen molar-refractivity contribution in [1.29, 1.82) is 0 Å². The molecule has 3 N–H and O–H groups in total. The lowest BCUT2D eigenvalue weighted by atomic mass is 9.98. The summed E-state index contributed by atoms with van der Waals surface area (Å²) in [7, 11) is 0. The van der Waals surface area contributed by atoms with Crippen LogP contribution in [-0.4, -0.2) is 36.3 Å². The summed E-state index contributed by atoms with van der Waals surface area (Å²) < 4.78 is 0. The summed E-state index contributed by atoms with van der Waals surface area (Å²) in [6.07, 6.45) is 2.74. The fraction of sp³-hybridized carbons (Fsp3) is 0.500. The lowest BCUT2D eigenvalue weighted by Crippen LogP contribution is -2.52. The number of carbonyl (C=O) groups excluding carboxylic acids is 3. The first-order valence-electron chi connectivity index (χ1n) is 8.44. The first-order valence-corrected chi connectivity index (χ1v) is 8.44. The van der Waals surface area contributed by atoms with Crippen molar-refractivity contribution >= 4 is 17.7 Å². The topological polar surface area (TPSA) is 87.3 Å². The number of carbonyl (C=O) groups is 3. The lowest BCUT2D eigenvalue weighted by molar-refractivity contribution is -0.128. The van der Waals surface area contributed by atoms with E-state index >= 15 is 0 Å². The standard InChI is InChI=1S/C18H25N3O3/c1-3-12(2)16(21-17(23)13-7-5-4-6-8-13)18(24)19-11-15(22)20-14-9-10-14/h4-8,12,14,16H,3,9-11H2,1-2H3,(H,19,24)(H,20,22)(H,21,23)/t12-,16-/m0/s1. The van der Waals surface area contributed by atoms with Gasteiger partial charge in [-0.25, -0.2) is 0 Å². The van der Waals surface area contributed by atoms with E-state index in [1.807, 2.05) is 19.9 Å². The Bertz CT molecular complexity index is 584. The molecule has 1 aliphatic rings. The van der Waals surface area contributed by atoms with E-state index in [-0.39, 0.29) is 36.2 Å². The summed E-state index contributed by atoms with van der Waals surface area (Å²) >= 11 is 0. The monoisotopic (exact) mass is 331 g/mol. The van der Waals surface area contributed by atoms with E-state index < -0.39 is 6.04 Å². The van der Waals surface area contributed by atoms with E-state index in [1.165, 1.54) is 0 Å². The van der Waals surface area contributed by atoms with Gasteiger partial charge in [0.2, 0.25) is 11.8 Å². The molecule has 24 heavy (non-hydrogen) atoms. The minimum atomic E-state index is -0.670. The molecular formula is C18H25N3O3. The Morgan fingerprint density at radius 2 is 1.83 bits per heavy atom. The quantitative estimate of drug-likeness (QED) is 0.669. The van der Waals surface area contributed by atoms with Gasteiger partial charge in [-0.1, -0.05) is 38.5 Å². The molecule has 0 aromatic heterocycles. The van der Waals surface area contributed by atoms with Crippen LogP contribution in [0, 0.1) is 5.92 Å². The van der Waals surface area contributed by atoms with Crippen molar-refractivity contribution in [3.63, 3.8) is 0 Å². The zero-order chi connectivity index (χ0) is 17.5. The van der Waals surface area contributed by atoms with E-state index in [0.717, 1.165) is 19.3 Å². The Morgan fingerprint density at radius 1 is 1.17 bits per heavy atom. The molecule has 1 aliphatic carbocycles. The molecule has 0 bridgehead atoms. The summed E-state index contributed by atoms with van der Waals surface area (Å²) in [6, 6.07) is 8.36. The van der Waals surface area contributed by atoms with Crippen LogP contribution in [0.4, 0.5) is 0 Å². The highest BCUT2D eigenvalue weighted by Gasteiger charge is 2.27. The Morgan fingerprint density at radius 3 is 2.42 bits per heavy atom. The summed E-state index contributed by atoms with van der Waals surface area (Å²) in [4.78, 5) is 36.4. The van der Waals surface area contributed by atoms with Gasteiger partial charge in [0.15, 0.2) is 0 Å². The van der Waals surface area contributed by atoms with Crippen molar-refractivity contribution in [3.8, 4) is 0 Å².